The van der Waals surface area contributed by atoms with Crippen LogP contribution in [0, 0.1) is 5.82 Å². The molecule has 2 unspecified atom stereocenters. The zero-order valence-corrected chi connectivity index (χ0v) is 19.4. The summed E-state index contributed by atoms with van der Waals surface area (Å²) in [7, 11) is 0.115. The molecule has 176 valence electrons. The van der Waals surface area contributed by atoms with Gasteiger partial charge >= 0.3 is 5.69 Å². The summed E-state index contributed by atoms with van der Waals surface area (Å²) in [6.07, 6.45) is 5.22. The molecule has 1 aromatic carbocycles. The first kappa shape index (κ1) is 24.3. The quantitative estimate of drug-likeness (QED) is 0.534. The number of benzene rings is 1. The molecule has 0 bridgehead atoms. The highest BCUT2D eigenvalue weighted by Crippen LogP contribution is 2.25. The minimum absolute atomic E-state index is 0.0661. The van der Waals surface area contributed by atoms with Crippen molar-refractivity contribution in [2.75, 3.05) is 13.6 Å². The number of aromatic nitrogens is 2. The van der Waals surface area contributed by atoms with Gasteiger partial charge in [0.1, 0.15) is 5.82 Å². The molecule has 0 amide bonds. The van der Waals surface area contributed by atoms with Crippen LogP contribution in [0.1, 0.15) is 43.7 Å². The van der Waals surface area contributed by atoms with E-state index in [0.29, 0.717) is 6.42 Å². The number of hydrazine groups is 1. The third-order valence-corrected chi connectivity index (χ3v) is 7.70. The highest BCUT2D eigenvalue weighted by molar-refractivity contribution is 7.89. The van der Waals surface area contributed by atoms with Gasteiger partial charge in [-0.15, -0.1) is 0 Å². The average Bonchev–Trinajstić information content (AvgIpc) is 3.23. The van der Waals surface area contributed by atoms with Crippen LogP contribution in [0.15, 0.2) is 44.9 Å². The molecule has 0 spiro atoms. The van der Waals surface area contributed by atoms with E-state index in [-0.39, 0.29) is 24.4 Å². The maximum absolute atomic E-state index is 13.4. The van der Waals surface area contributed by atoms with Crippen LogP contribution in [-0.4, -0.2) is 41.5 Å². The molecule has 9 nitrogen and oxygen atoms in total. The van der Waals surface area contributed by atoms with Gasteiger partial charge in [-0.3, -0.25) is 20.2 Å². The van der Waals surface area contributed by atoms with Crippen LogP contribution in [0.5, 0.6) is 0 Å². The smallest absolute Gasteiger partial charge is 0.302 e. The second kappa shape index (κ2) is 10.1. The first-order chi connectivity index (χ1) is 15.1. The van der Waals surface area contributed by atoms with Crippen molar-refractivity contribution >= 4 is 10.0 Å². The standard InChI is InChI=1S/C21H30FN5O4S/c1-25-14-19(20(28)27(3)21(25)29)32(30,31)26(2)11-6-4-5-10-17-13-18(24-23-17)15-8-7-9-16(22)12-15/h7-9,12,14,17-18,23-24H,4-6,10-11,13H2,1-3H3. The van der Waals surface area contributed by atoms with Gasteiger partial charge in [-0.25, -0.2) is 21.9 Å². The third kappa shape index (κ3) is 5.34. The number of unbranched alkanes of at least 4 members (excludes halogenated alkanes) is 2. The molecule has 2 N–H and O–H groups in total. The van der Waals surface area contributed by atoms with Crippen molar-refractivity contribution in [1.29, 1.82) is 0 Å². The topological polar surface area (TPSA) is 105 Å². The van der Waals surface area contributed by atoms with Gasteiger partial charge in [-0.1, -0.05) is 25.0 Å². The maximum Gasteiger partial charge on any atom is 0.330 e. The fraction of sp³-hybridized carbons (Fsp3) is 0.524. The molecule has 1 aromatic heterocycles. The van der Waals surface area contributed by atoms with Crippen molar-refractivity contribution in [3.8, 4) is 0 Å². The van der Waals surface area contributed by atoms with E-state index in [1.54, 1.807) is 6.07 Å². The van der Waals surface area contributed by atoms with Crippen LogP contribution in [0.4, 0.5) is 4.39 Å². The predicted octanol–water partition coefficient (Wildman–Crippen LogP) is 1.01. The number of hydrogen-bond acceptors (Lipinski definition) is 6. The summed E-state index contributed by atoms with van der Waals surface area (Å²) in [5, 5.41) is 0. The first-order valence-electron chi connectivity index (χ1n) is 10.6. The SMILES string of the molecule is CN(CCCCCC1CC(c2cccc(F)c2)NN1)S(=O)(=O)c1cn(C)c(=O)n(C)c1=O. The second-order valence-electron chi connectivity index (χ2n) is 8.26. The third-order valence-electron chi connectivity index (χ3n) is 5.86. The second-order valence-corrected chi connectivity index (χ2v) is 10.3. The number of sulfonamides is 1. The summed E-state index contributed by atoms with van der Waals surface area (Å²) in [5.74, 6) is -0.248. The van der Waals surface area contributed by atoms with Crippen molar-refractivity contribution < 1.29 is 12.8 Å². The Labute approximate surface area is 186 Å². The van der Waals surface area contributed by atoms with E-state index in [2.05, 4.69) is 10.9 Å². The highest BCUT2D eigenvalue weighted by atomic mass is 32.2. The van der Waals surface area contributed by atoms with Gasteiger partial charge in [-0.05, 0) is 37.0 Å². The maximum atomic E-state index is 13.4. The molecule has 0 aliphatic carbocycles. The predicted molar refractivity (Wildman–Crippen MR) is 119 cm³/mol. The van der Waals surface area contributed by atoms with E-state index < -0.39 is 26.2 Å². The Hall–Kier alpha value is -2.34. The molecule has 11 heteroatoms. The first-order valence-corrected chi connectivity index (χ1v) is 12.0. The van der Waals surface area contributed by atoms with Gasteiger partial charge in [0.25, 0.3) is 5.56 Å². The van der Waals surface area contributed by atoms with Gasteiger partial charge < -0.3 is 4.57 Å². The molecular formula is C21H30FN5O4S. The fourth-order valence-corrected chi connectivity index (χ4v) is 5.25. The molecule has 0 radical (unpaired) electrons. The van der Waals surface area contributed by atoms with E-state index in [1.165, 1.54) is 33.3 Å². The normalized spacial score (nSPS) is 19.0. The lowest BCUT2D eigenvalue weighted by Gasteiger charge is -2.17. The monoisotopic (exact) mass is 467 g/mol. The minimum Gasteiger partial charge on any atom is -0.302 e. The number of nitrogens with zero attached hydrogens (tertiary/aromatic N) is 3. The summed E-state index contributed by atoms with van der Waals surface area (Å²) in [5.41, 5.74) is 5.96. The van der Waals surface area contributed by atoms with E-state index >= 15 is 0 Å². The Morgan fingerprint density at radius 1 is 1.16 bits per heavy atom. The molecule has 2 heterocycles. The van der Waals surface area contributed by atoms with Crippen LogP contribution in [-0.2, 0) is 24.1 Å². The number of rotatable bonds is 9. The van der Waals surface area contributed by atoms with Gasteiger partial charge in [0.2, 0.25) is 10.0 Å². The number of nitrogens with one attached hydrogen (secondary N) is 2. The Morgan fingerprint density at radius 2 is 1.91 bits per heavy atom. The summed E-state index contributed by atoms with van der Waals surface area (Å²) in [6, 6.07) is 6.90. The zero-order valence-electron chi connectivity index (χ0n) is 18.5. The van der Waals surface area contributed by atoms with Gasteiger partial charge in [0.15, 0.2) is 4.90 Å². The van der Waals surface area contributed by atoms with Crippen molar-refractivity contribution in [3.05, 3.63) is 62.7 Å². The molecule has 2 aromatic rings. The Bertz CT molecular complexity index is 1180. The van der Waals surface area contributed by atoms with Crippen LogP contribution >= 0.6 is 0 Å². The van der Waals surface area contributed by atoms with Crippen molar-refractivity contribution in [2.24, 2.45) is 14.1 Å². The van der Waals surface area contributed by atoms with Crippen LogP contribution < -0.4 is 22.1 Å². The fourth-order valence-electron chi connectivity index (χ4n) is 3.90. The van der Waals surface area contributed by atoms with E-state index in [0.717, 1.165) is 50.9 Å². The molecule has 1 aliphatic heterocycles. The molecule has 1 aliphatic rings. The largest absolute Gasteiger partial charge is 0.330 e. The summed E-state index contributed by atoms with van der Waals surface area (Å²) in [4.78, 5) is 23.7. The Kier molecular flexibility index (Phi) is 7.65. The number of aryl methyl sites for hydroxylation is 1. The lowest BCUT2D eigenvalue weighted by molar-refractivity contribution is 0.436. The Morgan fingerprint density at radius 3 is 2.62 bits per heavy atom. The molecule has 1 fully saturated rings. The van der Waals surface area contributed by atoms with Crippen LogP contribution in [0.2, 0.25) is 0 Å². The van der Waals surface area contributed by atoms with Gasteiger partial charge in [0.05, 0.1) is 0 Å². The van der Waals surface area contributed by atoms with Crippen LogP contribution in [0.25, 0.3) is 0 Å². The molecule has 0 saturated carbocycles. The van der Waals surface area contributed by atoms with E-state index in [4.69, 9.17) is 0 Å². The van der Waals surface area contributed by atoms with Gasteiger partial charge in [0, 0.05) is 46.0 Å². The van der Waals surface area contributed by atoms with E-state index in [9.17, 15) is 22.4 Å². The average molecular weight is 468 g/mol. The van der Waals surface area contributed by atoms with Crippen molar-refractivity contribution in [1.82, 2.24) is 24.3 Å². The highest BCUT2D eigenvalue weighted by Gasteiger charge is 2.27. The zero-order chi connectivity index (χ0) is 23.5. The molecule has 1 saturated heterocycles. The number of hydrogen-bond donors (Lipinski definition) is 2. The molecule has 32 heavy (non-hydrogen) atoms. The molecular weight excluding hydrogens is 437 g/mol. The summed E-state index contributed by atoms with van der Waals surface area (Å²) >= 11 is 0. The minimum atomic E-state index is -3.99. The lowest BCUT2D eigenvalue weighted by Crippen LogP contribution is -2.42. The molecule has 2 atom stereocenters. The van der Waals surface area contributed by atoms with Crippen LogP contribution in [0.3, 0.4) is 0 Å². The Balaban J connectivity index is 1.46. The number of halogens is 1. The van der Waals surface area contributed by atoms with Gasteiger partial charge in [-0.2, -0.15) is 0 Å². The summed E-state index contributed by atoms with van der Waals surface area (Å²) in [6.45, 7) is 0.274. The summed E-state index contributed by atoms with van der Waals surface area (Å²) < 4.78 is 42.0. The lowest BCUT2D eigenvalue weighted by atomic mass is 9.99. The van der Waals surface area contributed by atoms with Crippen molar-refractivity contribution in [2.45, 2.75) is 49.1 Å². The van der Waals surface area contributed by atoms with Crippen molar-refractivity contribution in [3.63, 3.8) is 0 Å². The molecule has 3 rings (SSSR count). The van der Waals surface area contributed by atoms with E-state index in [1.807, 2.05) is 6.07 Å².